The molecule has 10 heteroatoms. The third-order valence-electron chi connectivity index (χ3n) is 20.4. The SMILES string of the molecule is c1ccc(-c2nc(-c3ccccc3)nc(-c3c(-c4ccc5c(c4)c4ccccc4n5-c4ccccc4)ccc4[nH]c5ccccc5c34)n2)cc1.c1ccc(-c2nc(-c3ccccc3)nc(-c3c(-c4ccc5c(c4)c4ccccc4n5-c4ccccc4)ccc4c3c3ccccc3n4-c3ccccc3)n2)cc1. The van der Waals surface area contributed by atoms with E-state index >= 15 is 0 Å². The second-order valence-electron chi connectivity index (χ2n) is 26.6. The van der Waals surface area contributed by atoms with Crippen LogP contribution in [0.5, 0.6) is 0 Å². The number of hydrogen-bond donors (Lipinski definition) is 1. The van der Waals surface area contributed by atoms with E-state index in [4.69, 9.17) is 29.9 Å². The van der Waals surface area contributed by atoms with E-state index in [1.54, 1.807) is 0 Å². The first-order valence-corrected chi connectivity index (χ1v) is 35.7. The summed E-state index contributed by atoms with van der Waals surface area (Å²) in [5.74, 6) is 3.80. The van der Waals surface area contributed by atoms with Crippen molar-refractivity contribution in [1.82, 2.24) is 48.6 Å². The smallest absolute Gasteiger partial charge is 0.165 e. The van der Waals surface area contributed by atoms with Crippen LogP contribution in [0.15, 0.2) is 370 Å². The number of nitrogens with one attached hydrogen (secondary N) is 1. The number of H-pyrrole nitrogens is 1. The van der Waals surface area contributed by atoms with Crippen molar-refractivity contribution >= 4 is 87.2 Å². The average molecular weight is 1360 g/mol. The third kappa shape index (κ3) is 10.6. The van der Waals surface area contributed by atoms with E-state index in [0.29, 0.717) is 34.9 Å². The molecule has 15 aromatic carbocycles. The number of para-hydroxylation sites is 7. The fourth-order valence-corrected chi connectivity index (χ4v) is 15.6. The largest absolute Gasteiger partial charge is 0.354 e. The fraction of sp³-hybridized carbons (Fsp3) is 0. The van der Waals surface area contributed by atoms with Crippen LogP contribution in [-0.4, -0.2) is 48.6 Å². The molecule has 0 aliphatic heterocycles. The van der Waals surface area contributed by atoms with Gasteiger partial charge in [0.1, 0.15) is 0 Å². The summed E-state index contributed by atoms with van der Waals surface area (Å²) in [5.41, 5.74) is 22.3. The topological polar surface area (TPSA) is 108 Å². The zero-order valence-electron chi connectivity index (χ0n) is 57.2. The number of rotatable bonds is 11. The summed E-state index contributed by atoms with van der Waals surface area (Å²) >= 11 is 0. The van der Waals surface area contributed by atoms with Gasteiger partial charge in [0.2, 0.25) is 0 Å². The first-order chi connectivity index (χ1) is 52.6. The Balaban J connectivity index is 0.000000141. The van der Waals surface area contributed by atoms with Gasteiger partial charge in [-0.2, -0.15) is 0 Å². The Kier molecular flexibility index (Phi) is 15.0. The van der Waals surface area contributed by atoms with Crippen molar-refractivity contribution in [2.45, 2.75) is 0 Å². The van der Waals surface area contributed by atoms with Crippen LogP contribution in [0, 0.1) is 0 Å². The molecule has 0 bridgehead atoms. The van der Waals surface area contributed by atoms with Gasteiger partial charge in [0.05, 0.1) is 33.1 Å². The number of aromatic amines is 1. The molecule has 0 aliphatic rings. The van der Waals surface area contributed by atoms with Crippen LogP contribution in [0.3, 0.4) is 0 Å². The third-order valence-corrected chi connectivity index (χ3v) is 20.4. The van der Waals surface area contributed by atoms with E-state index in [9.17, 15) is 0 Å². The first kappa shape index (κ1) is 61.4. The molecule has 0 saturated heterocycles. The highest BCUT2D eigenvalue weighted by molar-refractivity contribution is 6.20. The maximum Gasteiger partial charge on any atom is 0.165 e. The number of nitrogens with zero attached hydrogens (tertiary/aromatic N) is 9. The molecule has 0 amide bonds. The summed E-state index contributed by atoms with van der Waals surface area (Å²) in [6.07, 6.45) is 0. The van der Waals surface area contributed by atoms with Gasteiger partial charge in [-0.1, -0.05) is 273 Å². The van der Waals surface area contributed by atoms with Crippen LogP contribution in [-0.2, 0) is 0 Å². The van der Waals surface area contributed by atoms with Gasteiger partial charge in [0.15, 0.2) is 34.9 Å². The minimum absolute atomic E-state index is 0.626. The van der Waals surface area contributed by atoms with Crippen LogP contribution in [0.1, 0.15) is 0 Å². The van der Waals surface area contributed by atoms with Crippen molar-refractivity contribution in [3.05, 3.63) is 370 Å². The molecular weight excluding hydrogens is 1290 g/mol. The minimum atomic E-state index is 0.626. The van der Waals surface area contributed by atoms with Crippen molar-refractivity contribution in [2.24, 2.45) is 0 Å². The van der Waals surface area contributed by atoms with Gasteiger partial charge in [-0.25, -0.2) is 29.9 Å². The van der Waals surface area contributed by atoms with E-state index in [1.165, 1.54) is 32.6 Å². The molecule has 0 radical (unpaired) electrons. The zero-order chi connectivity index (χ0) is 70.0. The molecule has 0 saturated carbocycles. The van der Waals surface area contributed by atoms with Crippen LogP contribution in [0.2, 0.25) is 0 Å². The van der Waals surface area contributed by atoms with Crippen LogP contribution in [0.25, 0.3) is 195 Å². The van der Waals surface area contributed by atoms with E-state index in [-0.39, 0.29) is 0 Å². The molecule has 0 fully saturated rings. The normalized spacial score (nSPS) is 11.6. The summed E-state index contributed by atoms with van der Waals surface area (Å²) in [4.78, 5) is 34.9. The predicted molar refractivity (Wildman–Crippen MR) is 436 cm³/mol. The molecule has 0 spiro atoms. The molecule has 106 heavy (non-hydrogen) atoms. The maximum atomic E-state index is 5.34. The summed E-state index contributed by atoms with van der Waals surface area (Å²) in [7, 11) is 0. The van der Waals surface area contributed by atoms with E-state index < -0.39 is 0 Å². The van der Waals surface area contributed by atoms with Crippen LogP contribution >= 0.6 is 0 Å². The summed E-state index contributed by atoms with van der Waals surface area (Å²) in [6, 6.07) is 130. The second-order valence-corrected chi connectivity index (χ2v) is 26.6. The Labute approximate surface area is 609 Å². The Hall–Kier alpha value is -14.5. The lowest BCUT2D eigenvalue weighted by Crippen LogP contribution is -2.02. The summed E-state index contributed by atoms with van der Waals surface area (Å²) in [5, 5.41) is 9.24. The standard InChI is InChI=1S/C51H33N5.C45H29N5/c1-5-17-34(18-6-1)49-52-50(35-19-7-2-8-20-35)54-51(53-49)48-39(30-32-46-47(48)41-26-14-16-28-44(41)56(46)38-23-11-4-12-24-38)36-29-31-45-42(33-36)40-25-13-15-27-43(40)55(45)37-21-9-3-10-22-37;1-4-14-29(15-5-1)43-47-44(30-16-6-2-7-17-30)49-45(48-43)42-33(25-26-38-41(42)35-21-10-12-22-37(35)46-38)31-24-27-40-36(28-31)34-20-11-13-23-39(34)50(40)32-18-8-3-9-19-32/h1-33H;1-28,46H. The van der Waals surface area contributed by atoms with Gasteiger partial charge in [-0.15, -0.1) is 0 Å². The van der Waals surface area contributed by atoms with E-state index in [1.807, 2.05) is 72.8 Å². The quantitative estimate of drug-likeness (QED) is 0.138. The Bertz CT molecular complexity index is 6800. The Morgan fingerprint density at radius 2 is 0.491 bits per heavy atom. The van der Waals surface area contributed by atoms with Crippen molar-refractivity contribution in [3.8, 4) is 108 Å². The lowest BCUT2D eigenvalue weighted by atomic mass is 9.93. The highest BCUT2D eigenvalue weighted by atomic mass is 15.1. The fourth-order valence-electron chi connectivity index (χ4n) is 15.6. The summed E-state index contributed by atoms with van der Waals surface area (Å²) in [6.45, 7) is 0. The molecule has 21 aromatic rings. The van der Waals surface area contributed by atoms with Crippen molar-refractivity contribution in [1.29, 1.82) is 0 Å². The van der Waals surface area contributed by atoms with Gasteiger partial charge >= 0.3 is 0 Å². The average Bonchev–Trinajstić information content (AvgIpc) is 1.55. The van der Waals surface area contributed by atoms with Crippen LogP contribution in [0.4, 0.5) is 0 Å². The molecule has 0 unspecified atom stereocenters. The number of hydrogen-bond acceptors (Lipinski definition) is 6. The molecule has 496 valence electrons. The van der Waals surface area contributed by atoms with Crippen molar-refractivity contribution in [3.63, 3.8) is 0 Å². The highest BCUT2D eigenvalue weighted by Gasteiger charge is 2.27. The number of fused-ring (bicyclic) bond motifs is 12. The Morgan fingerprint density at radius 1 is 0.189 bits per heavy atom. The van der Waals surface area contributed by atoms with Gasteiger partial charge in [-0.05, 0) is 119 Å². The monoisotopic (exact) mass is 1350 g/mol. The minimum Gasteiger partial charge on any atom is -0.354 e. The van der Waals surface area contributed by atoms with Crippen LogP contribution < -0.4 is 0 Å². The van der Waals surface area contributed by atoms with Gasteiger partial charge < -0.3 is 18.7 Å². The van der Waals surface area contributed by atoms with Gasteiger partial charge in [0, 0.05) is 105 Å². The van der Waals surface area contributed by atoms with Crippen molar-refractivity contribution < 1.29 is 0 Å². The number of aromatic nitrogens is 10. The molecule has 10 nitrogen and oxygen atoms in total. The molecule has 6 aromatic heterocycles. The van der Waals surface area contributed by atoms with Gasteiger partial charge in [0.25, 0.3) is 0 Å². The molecule has 21 rings (SSSR count). The van der Waals surface area contributed by atoms with Gasteiger partial charge in [-0.3, -0.25) is 0 Å². The number of benzene rings is 15. The van der Waals surface area contributed by atoms with Crippen molar-refractivity contribution in [2.75, 3.05) is 0 Å². The molecule has 6 heterocycles. The lowest BCUT2D eigenvalue weighted by Gasteiger charge is -2.15. The molecular formula is C96H62N10. The maximum absolute atomic E-state index is 5.34. The first-order valence-electron chi connectivity index (χ1n) is 35.7. The second kappa shape index (κ2) is 25.8. The highest BCUT2D eigenvalue weighted by Crippen LogP contribution is 2.47. The van der Waals surface area contributed by atoms with E-state index in [2.05, 4.69) is 316 Å². The summed E-state index contributed by atoms with van der Waals surface area (Å²) < 4.78 is 7.06. The Morgan fingerprint density at radius 3 is 0.915 bits per heavy atom. The lowest BCUT2D eigenvalue weighted by molar-refractivity contribution is 1.08. The van der Waals surface area contributed by atoms with E-state index in [0.717, 1.165) is 127 Å². The molecule has 1 N–H and O–H groups in total. The predicted octanol–water partition coefficient (Wildman–Crippen LogP) is 24.0. The molecule has 0 atom stereocenters. The zero-order valence-corrected chi connectivity index (χ0v) is 57.2. The molecule has 0 aliphatic carbocycles.